The van der Waals surface area contributed by atoms with Gasteiger partial charge in [-0.2, -0.15) is 13.5 Å². The summed E-state index contributed by atoms with van der Waals surface area (Å²) in [6.07, 6.45) is 0. The van der Waals surface area contributed by atoms with Crippen LogP contribution in [0.5, 0.6) is 5.75 Å². The first-order chi connectivity index (χ1) is 14.2. The summed E-state index contributed by atoms with van der Waals surface area (Å²) in [6.45, 7) is 3.83. The van der Waals surface area contributed by atoms with Crippen molar-refractivity contribution in [3.05, 3.63) is 64.6 Å². The number of halogens is 2. The summed E-state index contributed by atoms with van der Waals surface area (Å²) in [4.78, 5) is 12.7. The fourth-order valence-corrected chi connectivity index (χ4v) is 4.03. The van der Waals surface area contributed by atoms with Crippen LogP contribution >= 0.6 is 11.6 Å². The quantitative estimate of drug-likeness (QED) is 0.502. The van der Waals surface area contributed by atoms with Crippen LogP contribution in [0.3, 0.4) is 0 Å². The highest BCUT2D eigenvalue weighted by Gasteiger charge is 2.28. The molecular formula is C19H18ClFN4O4S. The number of carbonyl (C=O) groups is 1. The molecule has 3 rings (SSSR count). The third-order valence-electron chi connectivity index (χ3n) is 3.99. The largest absolute Gasteiger partial charge is 0.494 e. The van der Waals surface area contributed by atoms with Crippen molar-refractivity contribution in [1.29, 1.82) is 0 Å². The number of hydrogen-bond donors (Lipinski definition) is 3. The number of ether oxygens (including phenoxy) is 1. The lowest BCUT2D eigenvalue weighted by Crippen LogP contribution is -2.20. The van der Waals surface area contributed by atoms with E-state index in [4.69, 9.17) is 16.3 Å². The number of benzene rings is 2. The van der Waals surface area contributed by atoms with E-state index in [1.165, 1.54) is 31.2 Å². The van der Waals surface area contributed by atoms with Crippen LogP contribution < -0.4 is 14.8 Å². The number of rotatable bonds is 7. The molecule has 0 unspecified atom stereocenters. The first-order valence-electron chi connectivity index (χ1n) is 8.78. The number of nitrogens with one attached hydrogen (secondary N) is 3. The monoisotopic (exact) mass is 452 g/mol. The molecule has 0 aliphatic carbocycles. The Morgan fingerprint density at radius 3 is 2.50 bits per heavy atom. The smallest absolute Gasteiger partial charge is 0.282 e. The SMILES string of the molecule is CCOc1ccc(NS(=O)(=O)c2n[nH]c(C)c2C(=O)Nc2ccc(F)c(Cl)c2)cc1. The molecule has 0 aliphatic rings. The number of nitrogens with zero attached hydrogens (tertiary/aromatic N) is 1. The Labute approximate surface area is 177 Å². The van der Waals surface area contributed by atoms with E-state index in [9.17, 15) is 17.6 Å². The van der Waals surface area contributed by atoms with Crippen LogP contribution in [0.25, 0.3) is 0 Å². The second kappa shape index (κ2) is 8.72. The highest BCUT2D eigenvalue weighted by Crippen LogP contribution is 2.24. The van der Waals surface area contributed by atoms with Gasteiger partial charge >= 0.3 is 0 Å². The van der Waals surface area contributed by atoms with Gasteiger partial charge in [0.2, 0.25) is 5.03 Å². The molecule has 11 heteroatoms. The molecule has 3 aromatic rings. The summed E-state index contributed by atoms with van der Waals surface area (Å²) in [6, 6.07) is 9.90. The maximum absolute atomic E-state index is 13.3. The minimum Gasteiger partial charge on any atom is -0.494 e. The van der Waals surface area contributed by atoms with E-state index in [0.717, 1.165) is 6.07 Å². The van der Waals surface area contributed by atoms with Crippen LogP contribution in [0, 0.1) is 12.7 Å². The predicted molar refractivity (Wildman–Crippen MR) is 111 cm³/mol. The van der Waals surface area contributed by atoms with Gasteiger partial charge in [0.15, 0.2) is 0 Å². The Kier molecular flexibility index (Phi) is 6.28. The zero-order valence-electron chi connectivity index (χ0n) is 16.0. The molecule has 1 amide bonds. The van der Waals surface area contributed by atoms with Crippen LogP contribution in [0.4, 0.5) is 15.8 Å². The lowest BCUT2D eigenvalue weighted by molar-refractivity contribution is 0.102. The molecule has 0 atom stereocenters. The Morgan fingerprint density at radius 1 is 1.20 bits per heavy atom. The molecular weight excluding hydrogens is 435 g/mol. The van der Waals surface area contributed by atoms with Crippen LogP contribution in [0.2, 0.25) is 5.02 Å². The molecule has 2 aromatic carbocycles. The fraction of sp³-hybridized carbons (Fsp3) is 0.158. The van der Waals surface area contributed by atoms with E-state index in [0.29, 0.717) is 12.4 Å². The number of aromatic amines is 1. The van der Waals surface area contributed by atoms with Crippen molar-refractivity contribution in [1.82, 2.24) is 10.2 Å². The molecule has 0 saturated heterocycles. The summed E-state index contributed by atoms with van der Waals surface area (Å²) < 4.78 is 46.7. The van der Waals surface area contributed by atoms with Gasteiger partial charge in [-0.1, -0.05) is 11.6 Å². The Hall–Kier alpha value is -3.11. The minimum absolute atomic E-state index is 0.172. The molecule has 0 spiro atoms. The van der Waals surface area contributed by atoms with Crippen molar-refractivity contribution < 1.29 is 22.3 Å². The number of aromatic nitrogens is 2. The molecule has 30 heavy (non-hydrogen) atoms. The highest BCUT2D eigenvalue weighted by atomic mass is 35.5. The van der Waals surface area contributed by atoms with Gasteiger partial charge in [0, 0.05) is 17.1 Å². The lowest BCUT2D eigenvalue weighted by Gasteiger charge is -2.10. The van der Waals surface area contributed by atoms with E-state index in [1.54, 1.807) is 12.1 Å². The van der Waals surface area contributed by atoms with Gasteiger partial charge in [0.25, 0.3) is 15.9 Å². The number of hydrogen-bond acceptors (Lipinski definition) is 5. The molecule has 0 aliphatic heterocycles. The number of amides is 1. The predicted octanol–water partition coefficient (Wildman–Crippen LogP) is 3.96. The topological polar surface area (TPSA) is 113 Å². The molecule has 0 saturated carbocycles. The van der Waals surface area contributed by atoms with Gasteiger partial charge in [0.05, 0.1) is 11.6 Å². The van der Waals surface area contributed by atoms with Gasteiger partial charge < -0.3 is 10.1 Å². The van der Waals surface area contributed by atoms with Gasteiger partial charge in [-0.25, -0.2) is 4.39 Å². The highest BCUT2D eigenvalue weighted by molar-refractivity contribution is 7.92. The van der Waals surface area contributed by atoms with Crippen molar-refractivity contribution in [3.8, 4) is 5.75 Å². The molecule has 1 heterocycles. The minimum atomic E-state index is -4.18. The molecule has 0 radical (unpaired) electrons. The third kappa shape index (κ3) is 4.71. The Morgan fingerprint density at radius 2 is 1.87 bits per heavy atom. The molecule has 8 nitrogen and oxygen atoms in total. The molecule has 0 fully saturated rings. The average molecular weight is 453 g/mol. The van der Waals surface area contributed by atoms with Crippen molar-refractivity contribution in [2.24, 2.45) is 0 Å². The summed E-state index contributed by atoms with van der Waals surface area (Å²) in [5.41, 5.74) is 0.548. The van der Waals surface area contributed by atoms with Gasteiger partial charge in [-0.05, 0) is 56.3 Å². The number of sulfonamides is 1. The second-order valence-corrected chi connectivity index (χ2v) is 8.18. The van der Waals surface area contributed by atoms with Crippen LogP contribution in [0.15, 0.2) is 47.5 Å². The Balaban J connectivity index is 1.86. The zero-order valence-corrected chi connectivity index (χ0v) is 17.6. The van der Waals surface area contributed by atoms with Gasteiger partial charge in [-0.15, -0.1) is 0 Å². The van der Waals surface area contributed by atoms with Crippen molar-refractivity contribution in [2.75, 3.05) is 16.6 Å². The van der Waals surface area contributed by atoms with Gasteiger partial charge in [0.1, 0.15) is 17.1 Å². The number of anilines is 2. The zero-order chi connectivity index (χ0) is 21.9. The summed E-state index contributed by atoms with van der Waals surface area (Å²) in [5.74, 6) is -0.790. The maximum atomic E-state index is 13.3. The summed E-state index contributed by atoms with van der Waals surface area (Å²) >= 11 is 5.72. The van der Waals surface area contributed by atoms with Crippen LogP contribution in [-0.4, -0.2) is 31.1 Å². The van der Waals surface area contributed by atoms with Crippen molar-refractivity contribution >= 4 is 38.9 Å². The molecule has 3 N–H and O–H groups in total. The molecule has 0 bridgehead atoms. The van der Waals surface area contributed by atoms with E-state index >= 15 is 0 Å². The van der Waals surface area contributed by atoms with Crippen molar-refractivity contribution in [2.45, 2.75) is 18.9 Å². The summed E-state index contributed by atoms with van der Waals surface area (Å²) in [7, 11) is -4.18. The standard InChI is InChI=1S/C19H18ClFN4O4S/c1-3-29-14-7-4-12(5-8-14)25-30(27,28)19-17(11(2)23-24-19)18(26)22-13-6-9-16(21)15(20)10-13/h4-10,25H,3H2,1-2H3,(H,22,26)(H,23,24). The van der Waals surface area contributed by atoms with E-state index in [1.807, 2.05) is 6.92 Å². The first kappa shape index (κ1) is 21.6. The normalized spacial score (nSPS) is 11.2. The number of H-pyrrole nitrogens is 1. The molecule has 1 aromatic heterocycles. The maximum Gasteiger partial charge on any atom is 0.282 e. The van der Waals surface area contributed by atoms with Crippen molar-refractivity contribution in [3.63, 3.8) is 0 Å². The number of carbonyl (C=O) groups excluding carboxylic acids is 1. The van der Waals surface area contributed by atoms with E-state index in [2.05, 4.69) is 20.2 Å². The Bertz CT molecular complexity index is 1180. The van der Waals surface area contributed by atoms with Crippen LogP contribution in [-0.2, 0) is 10.0 Å². The summed E-state index contributed by atoms with van der Waals surface area (Å²) in [5, 5.41) is 8.12. The van der Waals surface area contributed by atoms with Gasteiger partial charge in [-0.3, -0.25) is 14.6 Å². The molecule has 158 valence electrons. The lowest BCUT2D eigenvalue weighted by atomic mass is 10.2. The van der Waals surface area contributed by atoms with E-state index in [-0.39, 0.29) is 27.7 Å². The second-order valence-electron chi connectivity index (χ2n) is 6.17. The number of aryl methyl sites for hydroxylation is 1. The fourth-order valence-electron chi connectivity index (χ4n) is 2.63. The average Bonchev–Trinajstić information content (AvgIpc) is 3.09. The van der Waals surface area contributed by atoms with E-state index < -0.39 is 26.8 Å². The third-order valence-corrected chi connectivity index (χ3v) is 5.59. The first-order valence-corrected chi connectivity index (χ1v) is 10.6. The van der Waals surface area contributed by atoms with Crippen LogP contribution in [0.1, 0.15) is 23.0 Å².